The summed E-state index contributed by atoms with van der Waals surface area (Å²) in [6.07, 6.45) is 0. The molecule has 0 saturated heterocycles. The lowest BCUT2D eigenvalue weighted by Crippen LogP contribution is -2.29. The minimum Gasteiger partial charge on any atom is -0.463 e. The standard InChI is InChI=1S/C22H20Cl2N4O2S/c1-3-30-20(29)18-13(2)25-21-26-22(31-12-14-4-8-16(23)9-5-14)27-28(21)19(18)15-6-10-17(24)11-7-15/h4-11,19H,3,12H2,1-2H3,(H,25,26,27)/t19-/m1/s1. The first-order valence-corrected chi connectivity index (χ1v) is 11.4. The van der Waals surface area contributed by atoms with Gasteiger partial charge in [-0.1, -0.05) is 59.2 Å². The fourth-order valence-electron chi connectivity index (χ4n) is 3.35. The molecule has 0 unspecified atom stereocenters. The zero-order valence-electron chi connectivity index (χ0n) is 16.9. The zero-order chi connectivity index (χ0) is 22.0. The minimum atomic E-state index is -0.468. The Kier molecular flexibility index (Phi) is 6.55. The Morgan fingerprint density at radius 3 is 2.42 bits per heavy atom. The van der Waals surface area contributed by atoms with Crippen molar-refractivity contribution in [2.75, 3.05) is 11.9 Å². The first-order valence-electron chi connectivity index (χ1n) is 9.70. The van der Waals surface area contributed by atoms with Crippen molar-refractivity contribution in [2.45, 2.75) is 30.8 Å². The van der Waals surface area contributed by atoms with E-state index in [1.807, 2.05) is 43.3 Å². The van der Waals surface area contributed by atoms with E-state index in [1.54, 1.807) is 23.7 Å². The molecule has 9 heteroatoms. The monoisotopic (exact) mass is 474 g/mol. The normalized spacial score (nSPS) is 15.4. The number of hydrogen-bond acceptors (Lipinski definition) is 6. The Morgan fingerprint density at radius 1 is 1.13 bits per heavy atom. The molecule has 1 aromatic heterocycles. The van der Waals surface area contributed by atoms with Crippen LogP contribution in [-0.4, -0.2) is 27.3 Å². The van der Waals surface area contributed by atoms with Gasteiger partial charge in [0.05, 0.1) is 12.2 Å². The number of thioether (sulfide) groups is 1. The molecule has 0 spiro atoms. The molecular formula is C22H20Cl2N4O2S. The molecule has 0 saturated carbocycles. The van der Waals surface area contributed by atoms with Crippen molar-refractivity contribution < 1.29 is 9.53 Å². The Morgan fingerprint density at radius 2 is 1.77 bits per heavy atom. The van der Waals surface area contributed by atoms with Gasteiger partial charge >= 0.3 is 5.97 Å². The summed E-state index contributed by atoms with van der Waals surface area (Å²) in [6, 6.07) is 14.6. The number of ether oxygens (including phenoxy) is 1. The Balaban J connectivity index is 1.67. The number of carbonyl (C=O) groups is 1. The highest BCUT2D eigenvalue weighted by Gasteiger charge is 2.35. The van der Waals surface area contributed by atoms with Crippen molar-refractivity contribution in [1.29, 1.82) is 0 Å². The van der Waals surface area contributed by atoms with Gasteiger partial charge in [0, 0.05) is 21.5 Å². The van der Waals surface area contributed by atoms with E-state index < -0.39 is 6.04 Å². The average molecular weight is 475 g/mol. The van der Waals surface area contributed by atoms with Crippen molar-refractivity contribution >= 4 is 46.9 Å². The van der Waals surface area contributed by atoms with Gasteiger partial charge in [-0.3, -0.25) is 0 Å². The largest absolute Gasteiger partial charge is 0.463 e. The highest BCUT2D eigenvalue weighted by Crippen LogP contribution is 2.37. The molecule has 0 fully saturated rings. The third-order valence-electron chi connectivity index (χ3n) is 4.80. The summed E-state index contributed by atoms with van der Waals surface area (Å²) in [5.41, 5.74) is 3.17. The Hall–Kier alpha value is -2.48. The van der Waals surface area contributed by atoms with E-state index >= 15 is 0 Å². The second kappa shape index (κ2) is 9.34. The van der Waals surface area contributed by atoms with Gasteiger partial charge in [0.15, 0.2) is 0 Å². The van der Waals surface area contributed by atoms with Crippen molar-refractivity contribution in [2.24, 2.45) is 0 Å². The van der Waals surface area contributed by atoms with Gasteiger partial charge in [-0.2, -0.15) is 4.98 Å². The number of carbonyl (C=O) groups excluding carboxylic acids is 1. The van der Waals surface area contributed by atoms with Crippen molar-refractivity contribution in [3.05, 3.63) is 81.0 Å². The molecule has 31 heavy (non-hydrogen) atoms. The molecule has 2 aromatic carbocycles. The predicted octanol–water partition coefficient (Wildman–Crippen LogP) is 5.73. The first-order chi connectivity index (χ1) is 15.0. The van der Waals surface area contributed by atoms with E-state index in [0.717, 1.165) is 11.1 Å². The van der Waals surface area contributed by atoms with E-state index in [9.17, 15) is 4.79 Å². The molecule has 6 nitrogen and oxygen atoms in total. The third-order valence-corrected chi connectivity index (χ3v) is 6.21. The molecule has 1 atom stereocenters. The maximum absolute atomic E-state index is 12.8. The van der Waals surface area contributed by atoms with Crippen molar-refractivity contribution in [3.63, 3.8) is 0 Å². The summed E-state index contributed by atoms with van der Waals surface area (Å²) in [4.78, 5) is 17.4. The lowest BCUT2D eigenvalue weighted by atomic mass is 9.96. The van der Waals surface area contributed by atoms with E-state index in [0.29, 0.717) is 38.2 Å². The summed E-state index contributed by atoms with van der Waals surface area (Å²) < 4.78 is 7.05. The molecule has 3 aromatic rings. The number of halogens is 2. The topological polar surface area (TPSA) is 69.0 Å². The fraction of sp³-hybridized carbons (Fsp3) is 0.227. The van der Waals surface area contributed by atoms with Crippen LogP contribution in [0, 0.1) is 0 Å². The van der Waals surface area contributed by atoms with Gasteiger partial charge in [-0.25, -0.2) is 9.48 Å². The lowest BCUT2D eigenvalue weighted by Gasteiger charge is -2.28. The number of rotatable bonds is 6. The number of nitrogens with zero attached hydrogens (tertiary/aromatic N) is 3. The van der Waals surface area contributed by atoms with Gasteiger partial charge in [-0.15, -0.1) is 5.10 Å². The number of anilines is 1. The summed E-state index contributed by atoms with van der Waals surface area (Å²) >= 11 is 13.6. The molecule has 4 rings (SSSR count). The van der Waals surface area contributed by atoms with Crippen LogP contribution in [0.3, 0.4) is 0 Å². The molecular weight excluding hydrogens is 455 g/mol. The number of nitrogens with one attached hydrogen (secondary N) is 1. The predicted molar refractivity (Wildman–Crippen MR) is 124 cm³/mol. The molecule has 0 bridgehead atoms. The second-order valence-corrected chi connectivity index (χ2v) is 8.73. The number of esters is 1. The summed E-state index contributed by atoms with van der Waals surface area (Å²) in [5, 5.41) is 9.82. The highest BCUT2D eigenvalue weighted by atomic mass is 35.5. The number of benzene rings is 2. The number of aromatic nitrogens is 3. The fourth-order valence-corrected chi connectivity index (χ4v) is 4.38. The van der Waals surface area contributed by atoms with Crippen LogP contribution >= 0.6 is 35.0 Å². The summed E-state index contributed by atoms with van der Waals surface area (Å²) in [5.74, 6) is 0.886. The number of fused-ring (bicyclic) bond motifs is 1. The SMILES string of the molecule is CCOC(=O)C1=C(C)Nc2nc(SCc3ccc(Cl)cc3)nn2[C@@H]1c1ccc(Cl)cc1. The third kappa shape index (κ3) is 4.74. The van der Waals surface area contributed by atoms with Gasteiger partial charge in [-0.05, 0) is 49.2 Å². The average Bonchev–Trinajstić information content (AvgIpc) is 3.15. The van der Waals surface area contributed by atoms with Gasteiger partial charge in [0.2, 0.25) is 11.1 Å². The van der Waals surface area contributed by atoms with Crippen LogP contribution in [0.5, 0.6) is 0 Å². The van der Waals surface area contributed by atoms with Crippen LogP contribution in [0.1, 0.15) is 31.0 Å². The van der Waals surface area contributed by atoms with Crippen LogP contribution < -0.4 is 5.32 Å². The van der Waals surface area contributed by atoms with Crippen LogP contribution in [0.2, 0.25) is 10.0 Å². The summed E-state index contributed by atoms with van der Waals surface area (Å²) in [7, 11) is 0. The van der Waals surface area contributed by atoms with Crippen LogP contribution in [0.4, 0.5) is 5.95 Å². The number of allylic oxidation sites excluding steroid dienone is 1. The van der Waals surface area contributed by atoms with Gasteiger partial charge in [0.1, 0.15) is 6.04 Å². The van der Waals surface area contributed by atoms with Gasteiger partial charge < -0.3 is 10.1 Å². The molecule has 2 heterocycles. The maximum atomic E-state index is 12.8. The Labute approximate surface area is 194 Å². The van der Waals surface area contributed by atoms with Crippen LogP contribution in [-0.2, 0) is 15.3 Å². The van der Waals surface area contributed by atoms with E-state index in [4.69, 9.17) is 33.0 Å². The van der Waals surface area contributed by atoms with Crippen LogP contribution in [0.15, 0.2) is 65.0 Å². The zero-order valence-corrected chi connectivity index (χ0v) is 19.3. The molecule has 0 aliphatic carbocycles. The van der Waals surface area contributed by atoms with Gasteiger partial charge in [0.25, 0.3) is 0 Å². The lowest BCUT2D eigenvalue weighted by molar-refractivity contribution is -0.139. The number of hydrogen-bond donors (Lipinski definition) is 1. The van der Waals surface area contributed by atoms with E-state index in [-0.39, 0.29) is 12.6 Å². The maximum Gasteiger partial charge on any atom is 0.338 e. The first kappa shape index (κ1) is 21.7. The highest BCUT2D eigenvalue weighted by molar-refractivity contribution is 7.98. The quantitative estimate of drug-likeness (QED) is 0.363. The molecule has 1 aliphatic heterocycles. The molecule has 0 amide bonds. The second-order valence-electron chi connectivity index (χ2n) is 6.92. The smallest absolute Gasteiger partial charge is 0.338 e. The molecule has 1 N–H and O–H groups in total. The summed E-state index contributed by atoms with van der Waals surface area (Å²) in [6.45, 7) is 3.91. The molecule has 0 radical (unpaired) electrons. The molecule has 1 aliphatic rings. The van der Waals surface area contributed by atoms with E-state index in [2.05, 4.69) is 10.3 Å². The van der Waals surface area contributed by atoms with Crippen molar-refractivity contribution in [1.82, 2.24) is 14.8 Å². The van der Waals surface area contributed by atoms with Crippen LogP contribution in [0.25, 0.3) is 0 Å². The minimum absolute atomic E-state index is 0.287. The Bertz CT molecular complexity index is 1130. The van der Waals surface area contributed by atoms with E-state index in [1.165, 1.54) is 11.8 Å². The van der Waals surface area contributed by atoms with Crippen molar-refractivity contribution in [3.8, 4) is 0 Å². The molecule has 160 valence electrons.